The summed E-state index contributed by atoms with van der Waals surface area (Å²) in [5, 5.41) is 2.49. The SMILES string of the molecule is CCCSc1ccc(N)c(NC(N)=O)c1. The van der Waals surface area contributed by atoms with Gasteiger partial charge in [0.1, 0.15) is 0 Å². The van der Waals surface area contributed by atoms with Crippen molar-refractivity contribution < 1.29 is 4.79 Å². The van der Waals surface area contributed by atoms with Crippen LogP contribution in [0.4, 0.5) is 16.2 Å². The fourth-order valence-electron chi connectivity index (χ4n) is 1.09. The van der Waals surface area contributed by atoms with Crippen molar-refractivity contribution in [3.05, 3.63) is 18.2 Å². The Labute approximate surface area is 93.4 Å². The van der Waals surface area contributed by atoms with Crippen LogP contribution in [0.2, 0.25) is 0 Å². The smallest absolute Gasteiger partial charge is 0.316 e. The van der Waals surface area contributed by atoms with Gasteiger partial charge in [-0.05, 0) is 30.4 Å². The topological polar surface area (TPSA) is 81.1 Å². The molecule has 0 aliphatic heterocycles. The van der Waals surface area contributed by atoms with Gasteiger partial charge in [-0.3, -0.25) is 0 Å². The number of amides is 2. The highest BCUT2D eigenvalue weighted by atomic mass is 32.2. The Morgan fingerprint density at radius 2 is 2.27 bits per heavy atom. The van der Waals surface area contributed by atoms with Gasteiger partial charge in [0.05, 0.1) is 11.4 Å². The van der Waals surface area contributed by atoms with Gasteiger partial charge in [-0.2, -0.15) is 0 Å². The predicted molar refractivity (Wildman–Crippen MR) is 65.1 cm³/mol. The summed E-state index contributed by atoms with van der Waals surface area (Å²) in [5.74, 6) is 1.04. The molecule has 5 heteroatoms. The molecule has 0 fully saturated rings. The molecule has 0 aliphatic carbocycles. The van der Waals surface area contributed by atoms with Crippen LogP contribution in [0.3, 0.4) is 0 Å². The Kier molecular flexibility index (Phi) is 4.30. The molecule has 5 N–H and O–H groups in total. The van der Waals surface area contributed by atoms with Crippen LogP contribution in [0.25, 0.3) is 0 Å². The van der Waals surface area contributed by atoms with E-state index in [4.69, 9.17) is 11.5 Å². The third-order valence-corrected chi connectivity index (χ3v) is 2.96. The van der Waals surface area contributed by atoms with Crippen LogP contribution in [0.5, 0.6) is 0 Å². The van der Waals surface area contributed by atoms with Crippen LogP contribution in [-0.2, 0) is 0 Å². The Hall–Kier alpha value is -1.36. The summed E-state index contributed by atoms with van der Waals surface area (Å²) in [4.78, 5) is 11.8. The average molecular weight is 225 g/mol. The molecule has 0 unspecified atom stereocenters. The Bertz CT molecular complexity index is 355. The van der Waals surface area contributed by atoms with Gasteiger partial charge >= 0.3 is 6.03 Å². The molecule has 0 atom stereocenters. The van der Waals surface area contributed by atoms with Gasteiger partial charge in [0, 0.05) is 4.90 Å². The zero-order valence-electron chi connectivity index (χ0n) is 8.62. The molecule has 0 spiro atoms. The van der Waals surface area contributed by atoms with E-state index in [0.717, 1.165) is 17.1 Å². The largest absolute Gasteiger partial charge is 0.397 e. The van der Waals surface area contributed by atoms with Gasteiger partial charge in [-0.25, -0.2) is 4.79 Å². The number of urea groups is 1. The summed E-state index contributed by atoms with van der Waals surface area (Å²) >= 11 is 1.72. The van der Waals surface area contributed by atoms with Crippen molar-refractivity contribution in [1.29, 1.82) is 0 Å². The summed E-state index contributed by atoms with van der Waals surface area (Å²) in [5.41, 5.74) is 11.8. The molecule has 82 valence electrons. The summed E-state index contributed by atoms with van der Waals surface area (Å²) in [6.45, 7) is 2.12. The van der Waals surface area contributed by atoms with Crippen molar-refractivity contribution in [3.63, 3.8) is 0 Å². The van der Waals surface area contributed by atoms with Gasteiger partial charge in [-0.1, -0.05) is 6.92 Å². The normalized spacial score (nSPS) is 9.93. The number of carbonyl (C=O) groups is 1. The number of carbonyl (C=O) groups excluding carboxylic acids is 1. The van der Waals surface area contributed by atoms with E-state index in [1.54, 1.807) is 17.8 Å². The van der Waals surface area contributed by atoms with Crippen molar-refractivity contribution in [1.82, 2.24) is 0 Å². The molecule has 0 radical (unpaired) electrons. The van der Waals surface area contributed by atoms with Crippen molar-refractivity contribution in [2.45, 2.75) is 18.2 Å². The number of nitrogens with one attached hydrogen (secondary N) is 1. The molecular formula is C10H15N3OS. The number of nitrogen functional groups attached to an aromatic ring is 1. The van der Waals surface area contributed by atoms with E-state index in [1.807, 2.05) is 12.1 Å². The van der Waals surface area contributed by atoms with E-state index in [1.165, 1.54) is 0 Å². The number of anilines is 2. The highest BCUT2D eigenvalue weighted by molar-refractivity contribution is 7.99. The molecule has 15 heavy (non-hydrogen) atoms. The minimum absolute atomic E-state index is 0.523. The van der Waals surface area contributed by atoms with Crippen molar-refractivity contribution in [3.8, 4) is 0 Å². The minimum atomic E-state index is -0.598. The first kappa shape index (κ1) is 11.7. The van der Waals surface area contributed by atoms with E-state index >= 15 is 0 Å². The number of rotatable bonds is 4. The van der Waals surface area contributed by atoms with E-state index in [-0.39, 0.29) is 0 Å². The Balaban J connectivity index is 2.80. The standard InChI is InChI=1S/C10H15N3OS/c1-2-5-15-7-3-4-8(11)9(6-7)13-10(12)14/h3-4,6H,2,5,11H2,1H3,(H3,12,13,14). The van der Waals surface area contributed by atoms with Crippen LogP contribution in [-0.4, -0.2) is 11.8 Å². The molecule has 0 saturated carbocycles. The first-order valence-corrected chi connectivity index (χ1v) is 5.71. The monoisotopic (exact) mass is 225 g/mol. The van der Waals surface area contributed by atoms with Crippen LogP contribution in [0.1, 0.15) is 13.3 Å². The highest BCUT2D eigenvalue weighted by Gasteiger charge is 2.03. The Morgan fingerprint density at radius 3 is 2.87 bits per heavy atom. The molecule has 0 bridgehead atoms. The van der Waals surface area contributed by atoms with Gasteiger partial charge in [0.25, 0.3) is 0 Å². The first-order chi connectivity index (χ1) is 7.13. The Morgan fingerprint density at radius 1 is 1.53 bits per heavy atom. The zero-order valence-corrected chi connectivity index (χ0v) is 9.43. The van der Waals surface area contributed by atoms with Gasteiger partial charge in [0.15, 0.2) is 0 Å². The predicted octanol–water partition coefficient (Wildman–Crippen LogP) is 2.26. The maximum atomic E-state index is 10.7. The lowest BCUT2D eigenvalue weighted by atomic mass is 10.3. The molecule has 0 aromatic heterocycles. The summed E-state index contributed by atoms with van der Waals surface area (Å²) in [6.07, 6.45) is 1.10. The number of hydrogen-bond acceptors (Lipinski definition) is 3. The van der Waals surface area contributed by atoms with Gasteiger partial charge in [-0.15, -0.1) is 11.8 Å². The molecule has 0 saturated heterocycles. The quantitative estimate of drug-likeness (QED) is 0.543. The lowest BCUT2D eigenvalue weighted by Crippen LogP contribution is -2.20. The third kappa shape index (κ3) is 3.71. The van der Waals surface area contributed by atoms with Gasteiger partial charge in [0.2, 0.25) is 0 Å². The summed E-state index contributed by atoms with van der Waals surface area (Å²) < 4.78 is 0. The number of nitrogens with two attached hydrogens (primary N) is 2. The average Bonchev–Trinajstić information content (AvgIpc) is 2.18. The highest BCUT2D eigenvalue weighted by Crippen LogP contribution is 2.26. The second-order valence-corrected chi connectivity index (χ2v) is 4.26. The van der Waals surface area contributed by atoms with E-state index in [0.29, 0.717) is 11.4 Å². The molecule has 0 heterocycles. The fourth-order valence-corrected chi connectivity index (χ4v) is 1.89. The fraction of sp³-hybridized carbons (Fsp3) is 0.300. The maximum Gasteiger partial charge on any atom is 0.316 e. The molecule has 1 rings (SSSR count). The second kappa shape index (κ2) is 5.50. The lowest BCUT2D eigenvalue weighted by molar-refractivity contribution is 0.259. The summed E-state index contributed by atoms with van der Waals surface area (Å²) in [7, 11) is 0. The van der Waals surface area contributed by atoms with Crippen LogP contribution < -0.4 is 16.8 Å². The number of hydrogen-bond donors (Lipinski definition) is 3. The lowest BCUT2D eigenvalue weighted by Gasteiger charge is -2.08. The number of primary amides is 1. The number of benzene rings is 1. The van der Waals surface area contributed by atoms with Gasteiger partial charge < -0.3 is 16.8 Å². The van der Waals surface area contributed by atoms with Crippen molar-refractivity contribution >= 4 is 29.2 Å². The van der Waals surface area contributed by atoms with E-state index in [9.17, 15) is 4.79 Å². The first-order valence-electron chi connectivity index (χ1n) is 4.72. The molecule has 1 aromatic carbocycles. The van der Waals surface area contributed by atoms with E-state index in [2.05, 4.69) is 12.2 Å². The van der Waals surface area contributed by atoms with Crippen LogP contribution in [0.15, 0.2) is 23.1 Å². The molecular weight excluding hydrogens is 210 g/mol. The van der Waals surface area contributed by atoms with Crippen molar-refractivity contribution in [2.24, 2.45) is 5.73 Å². The van der Waals surface area contributed by atoms with Crippen molar-refractivity contribution in [2.75, 3.05) is 16.8 Å². The molecule has 1 aromatic rings. The van der Waals surface area contributed by atoms with Crippen LogP contribution in [0, 0.1) is 0 Å². The minimum Gasteiger partial charge on any atom is -0.397 e. The number of thioether (sulfide) groups is 1. The van der Waals surface area contributed by atoms with Crippen LogP contribution >= 0.6 is 11.8 Å². The van der Waals surface area contributed by atoms with E-state index < -0.39 is 6.03 Å². The summed E-state index contributed by atoms with van der Waals surface area (Å²) in [6, 6.07) is 4.94. The zero-order chi connectivity index (χ0) is 11.3. The molecule has 2 amide bonds. The molecule has 4 nitrogen and oxygen atoms in total. The second-order valence-electron chi connectivity index (χ2n) is 3.09. The maximum absolute atomic E-state index is 10.7. The molecule has 0 aliphatic rings. The third-order valence-electron chi connectivity index (χ3n) is 1.76.